The second-order valence-corrected chi connectivity index (χ2v) is 4.19. The molecule has 1 aromatic carbocycles. The Morgan fingerprint density at radius 3 is 2.88 bits per heavy atom. The number of piperazine rings is 1. The van der Waals surface area contributed by atoms with Gasteiger partial charge in [0, 0.05) is 5.02 Å². The van der Waals surface area contributed by atoms with Gasteiger partial charge in [-0.05, 0) is 25.1 Å². The van der Waals surface area contributed by atoms with Crippen molar-refractivity contribution in [3.8, 4) is 0 Å². The highest BCUT2D eigenvalue weighted by Crippen LogP contribution is 2.26. The standard InChI is InChI=1S/C11H10ClFN2O2/c1-6-11(17)14-5-10(16)15(6)9-4-7(12)2-3-8(9)13/h2-4,6H,5H2,1H3,(H,14,17). The van der Waals surface area contributed by atoms with E-state index >= 15 is 0 Å². The molecule has 17 heavy (non-hydrogen) atoms. The van der Waals surface area contributed by atoms with Gasteiger partial charge in [0.15, 0.2) is 0 Å². The van der Waals surface area contributed by atoms with E-state index in [1.54, 1.807) is 0 Å². The first kappa shape index (κ1) is 11.9. The van der Waals surface area contributed by atoms with Crippen molar-refractivity contribution in [2.75, 3.05) is 11.4 Å². The summed E-state index contributed by atoms with van der Waals surface area (Å²) in [6.07, 6.45) is 0. The number of anilines is 1. The maximum atomic E-state index is 13.6. The summed E-state index contributed by atoms with van der Waals surface area (Å²) in [6, 6.07) is 3.15. The van der Waals surface area contributed by atoms with Crippen molar-refractivity contribution in [2.24, 2.45) is 0 Å². The molecule has 1 aliphatic rings. The Hall–Kier alpha value is -1.62. The Bertz CT molecular complexity index is 492. The first-order valence-corrected chi connectivity index (χ1v) is 5.43. The molecular formula is C11H10ClFN2O2. The molecule has 1 saturated heterocycles. The van der Waals surface area contributed by atoms with Crippen molar-refractivity contribution in [1.82, 2.24) is 5.32 Å². The Kier molecular flexibility index (Phi) is 3.02. The fraction of sp³-hybridized carbons (Fsp3) is 0.273. The zero-order chi connectivity index (χ0) is 12.6. The van der Waals surface area contributed by atoms with Crippen molar-refractivity contribution in [2.45, 2.75) is 13.0 Å². The third kappa shape index (κ3) is 2.10. The van der Waals surface area contributed by atoms with Gasteiger partial charge < -0.3 is 5.32 Å². The lowest BCUT2D eigenvalue weighted by molar-refractivity contribution is -0.130. The summed E-state index contributed by atoms with van der Waals surface area (Å²) in [5.74, 6) is -1.26. The van der Waals surface area contributed by atoms with Gasteiger partial charge in [-0.3, -0.25) is 14.5 Å². The average molecular weight is 257 g/mol. The predicted octanol–water partition coefficient (Wildman–Crippen LogP) is 1.33. The monoisotopic (exact) mass is 256 g/mol. The fourth-order valence-corrected chi connectivity index (χ4v) is 1.91. The highest BCUT2D eigenvalue weighted by Gasteiger charge is 2.33. The van der Waals surface area contributed by atoms with E-state index in [4.69, 9.17) is 11.6 Å². The lowest BCUT2D eigenvalue weighted by atomic mass is 10.1. The molecule has 0 aliphatic carbocycles. The molecular weight excluding hydrogens is 247 g/mol. The summed E-state index contributed by atoms with van der Waals surface area (Å²) in [7, 11) is 0. The number of hydrogen-bond donors (Lipinski definition) is 1. The Balaban J connectivity index is 2.46. The SMILES string of the molecule is CC1C(=O)NCC(=O)N1c1cc(Cl)ccc1F. The van der Waals surface area contributed by atoms with Gasteiger partial charge in [0.05, 0.1) is 12.2 Å². The zero-order valence-electron chi connectivity index (χ0n) is 9.04. The molecule has 1 unspecified atom stereocenters. The fourth-order valence-electron chi connectivity index (χ4n) is 1.74. The largest absolute Gasteiger partial charge is 0.345 e. The lowest BCUT2D eigenvalue weighted by Gasteiger charge is -2.32. The number of benzene rings is 1. The molecule has 2 amide bonds. The van der Waals surface area contributed by atoms with Crippen molar-refractivity contribution in [3.05, 3.63) is 29.0 Å². The van der Waals surface area contributed by atoms with Crippen LogP contribution in [0.5, 0.6) is 0 Å². The average Bonchev–Trinajstić information content (AvgIpc) is 2.29. The molecule has 1 atom stereocenters. The minimum Gasteiger partial charge on any atom is -0.345 e. The highest BCUT2D eigenvalue weighted by molar-refractivity contribution is 6.31. The van der Waals surface area contributed by atoms with Gasteiger partial charge >= 0.3 is 0 Å². The molecule has 2 rings (SSSR count). The number of carbonyl (C=O) groups excluding carboxylic acids is 2. The van der Waals surface area contributed by atoms with E-state index in [9.17, 15) is 14.0 Å². The number of carbonyl (C=O) groups is 2. The van der Waals surface area contributed by atoms with E-state index in [1.807, 2.05) is 0 Å². The number of nitrogens with zero attached hydrogens (tertiary/aromatic N) is 1. The van der Waals surface area contributed by atoms with Gasteiger partial charge in [-0.15, -0.1) is 0 Å². The molecule has 0 spiro atoms. The van der Waals surface area contributed by atoms with Crippen molar-refractivity contribution in [1.29, 1.82) is 0 Å². The summed E-state index contributed by atoms with van der Waals surface area (Å²) in [4.78, 5) is 24.3. The van der Waals surface area contributed by atoms with Crippen LogP contribution in [0.25, 0.3) is 0 Å². The topological polar surface area (TPSA) is 49.4 Å². The van der Waals surface area contributed by atoms with Gasteiger partial charge in [0.1, 0.15) is 11.9 Å². The second kappa shape index (κ2) is 4.33. The van der Waals surface area contributed by atoms with E-state index < -0.39 is 11.9 Å². The maximum Gasteiger partial charge on any atom is 0.247 e. The summed E-state index contributed by atoms with van der Waals surface area (Å²) in [6.45, 7) is 1.40. The lowest BCUT2D eigenvalue weighted by Crippen LogP contribution is -2.57. The summed E-state index contributed by atoms with van der Waals surface area (Å²) >= 11 is 5.76. The van der Waals surface area contributed by atoms with Gasteiger partial charge in [0.2, 0.25) is 11.8 Å². The quantitative estimate of drug-likeness (QED) is 0.824. The minimum atomic E-state index is -0.746. The predicted molar refractivity (Wildman–Crippen MR) is 61.4 cm³/mol. The van der Waals surface area contributed by atoms with Gasteiger partial charge in [-0.25, -0.2) is 4.39 Å². The molecule has 0 radical (unpaired) electrons. The number of nitrogens with one attached hydrogen (secondary N) is 1. The van der Waals surface area contributed by atoms with Crippen molar-refractivity contribution < 1.29 is 14.0 Å². The van der Waals surface area contributed by atoms with E-state index in [2.05, 4.69) is 5.32 Å². The van der Waals surface area contributed by atoms with Crippen LogP contribution in [0, 0.1) is 5.82 Å². The van der Waals surface area contributed by atoms with E-state index in [0.717, 1.165) is 4.90 Å². The number of amides is 2. The van der Waals surface area contributed by atoms with E-state index in [-0.39, 0.29) is 24.0 Å². The molecule has 0 saturated carbocycles. The normalized spacial score (nSPS) is 20.4. The van der Waals surface area contributed by atoms with Crippen LogP contribution in [-0.2, 0) is 9.59 Å². The Morgan fingerprint density at radius 1 is 1.47 bits per heavy atom. The summed E-state index contributed by atoms with van der Waals surface area (Å²) < 4.78 is 13.6. The van der Waals surface area contributed by atoms with E-state index in [0.29, 0.717) is 5.02 Å². The van der Waals surface area contributed by atoms with E-state index in [1.165, 1.54) is 25.1 Å². The van der Waals surface area contributed by atoms with Crippen molar-refractivity contribution in [3.63, 3.8) is 0 Å². The van der Waals surface area contributed by atoms with Crippen LogP contribution in [0.2, 0.25) is 5.02 Å². The zero-order valence-corrected chi connectivity index (χ0v) is 9.79. The highest BCUT2D eigenvalue weighted by atomic mass is 35.5. The second-order valence-electron chi connectivity index (χ2n) is 3.75. The van der Waals surface area contributed by atoms with Crippen LogP contribution < -0.4 is 10.2 Å². The first-order chi connectivity index (χ1) is 8.00. The molecule has 90 valence electrons. The molecule has 1 heterocycles. The van der Waals surface area contributed by atoms with Crippen LogP contribution in [0.1, 0.15) is 6.92 Å². The van der Waals surface area contributed by atoms with Crippen molar-refractivity contribution >= 4 is 29.1 Å². The first-order valence-electron chi connectivity index (χ1n) is 5.05. The molecule has 0 bridgehead atoms. The summed E-state index contributed by atoms with van der Waals surface area (Å²) in [5.41, 5.74) is 0.0323. The Morgan fingerprint density at radius 2 is 2.18 bits per heavy atom. The molecule has 1 N–H and O–H groups in total. The molecule has 0 aromatic heterocycles. The third-order valence-corrected chi connectivity index (χ3v) is 2.85. The molecule has 1 aromatic rings. The van der Waals surface area contributed by atoms with Gasteiger partial charge in [-0.1, -0.05) is 11.6 Å². The van der Waals surface area contributed by atoms with Crippen LogP contribution in [0.4, 0.5) is 10.1 Å². The maximum absolute atomic E-state index is 13.6. The van der Waals surface area contributed by atoms with Crippen LogP contribution in [0.3, 0.4) is 0 Å². The molecule has 6 heteroatoms. The Labute approximate surface area is 102 Å². The molecule has 1 fully saturated rings. The van der Waals surface area contributed by atoms with Gasteiger partial charge in [0.25, 0.3) is 0 Å². The smallest absolute Gasteiger partial charge is 0.247 e. The van der Waals surface area contributed by atoms with Crippen LogP contribution in [0.15, 0.2) is 18.2 Å². The summed E-state index contributed by atoms with van der Waals surface area (Å²) in [5, 5.41) is 2.74. The number of halogens is 2. The number of hydrogen-bond acceptors (Lipinski definition) is 2. The molecule has 1 aliphatic heterocycles. The van der Waals surface area contributed by atoms with Crippen LogP contribution in [-0.4, -0.2) is 24.4 Å². The minimum absolute atomic E-state index is 0.0323. The molecule has 4 nitrogen and oxygen atoms in total. The number of rotatable bonds is 1. The van der Waals surface area contributed by atoms with Crippen LogP contribution >= 0.6 is 11.6 Å². The van der Waals surface area contributed by atoms with Gasteiger partial charge in [-0.2, -0.15) is 0 Å². The third-order valence-electron chi connectivity index (χ3n) is 2.62.